The maximum absolute atomic E-state index is 3.05. The molecule has 0 aliphatic carbocycles. The van der Waals surface area contributed by atoms with Crippen molar-refractivity contribution < 1.29 is 0 Å². The number of hydrogen-bond acceptors (Lipinski definition) is 0. The zero-order valence-corrected chi connectivity index (χ0v) is 9.74. The molecule has 0 atom stereocenters. The summed E-state index contributed by atoms with van der Waals surface area (Å²) in [7, 11) is 0. The van der Waals surface area contributed by atoms with Crippen molar-refractivity contribution in [2.45, 2.75) is 0 Å². The van der Waals surface area contributed by atoms with E-state index in [0.29, 0.717) is 14.5 Å². The van der Waals surface area contributed by atoms with E-state index in [9.17, 15) is 0 Å². The topological polar surface area (TPSA) is 0 Å². The fraction of sp³-hybridized carbons (Fsp3) is 0. The van der Waals surface area contributed by atoms with E-state index in [4.69, 9.17) is 0 Å². The third-order valence-electron chi connectivity index (χ3n) is 1.75. The third-order valence-corrected chi connectivity index (χ3v) is 3.40. The summed E-state index contributed by atoms with van der Waals surface area (Å²) < 4.78 is 1.20. The molecule has 0 bridgehead atoms. The van der Waals surface area contributed by atoms with Crippen LogP contribution in [0.3, 0.4) is 0 Å². The van der Waals surface area contributed by atoms with Crippen LogP contribution >= 0.6 is 0 Å². The molecular weight excluding hydrogens is 247 g/mol. The Morgan fingerprint density at radius 3 is 2.33 bits per heavy atom. The summed E-state index contributed by atoms with van der Waals surface area (Å²) in [5.41, 5.74) is 1.01. The predicted octanol–water partition coefficient (Wildman–Crippen LogP) is 2.15. The molecule has 1 aromatic heterocycles. The Labute approximate surface area is 95.7 Å². The average molecular weight is 255 g/mol. The van der Waals surface area contributed by atoms with E-state index in [-0.39, 0.29) is 0 Å². The molecule has 0 aliphatic rings. The Bertz CT molecular complexity index is 528. The van der Waals surface area contributed by atoms with Crippen molar-refractivity contribution in [3.05, 3.63) is 57.4 Å². The molecule has 2 aromatic rings. The molecule has 1 heterocycles. The summed E-state index contributed by atoms with van der Waals surface area (Å²) in [4.78, 5) is 2.15. The van der Waals surface area contributed by atoms with Crippen molar-refractivity contribution >= 4 is 14.5 Å². The van der Waals surface area contributed by atoms with Crippen LogP contribution in [0.25, 0.3) is 0 Å². The van der Waals surface area contributed by atoms with Gasteiger partial charge in [-0.15, -0.1) is 0 Å². The van der Waals surface area contributed by atoms with Gasteiger partial charge in [0, 0.05) is 0 Å². The Balaban J connectivity index is 2.08. The molecule has 2 rings (SSSR count). The molecule has 0 aliphatic heterocycles. The van der Waals surface area contributed by atoms with E-state index in [2.05, 4.69) is 40.8 Å². The fourth-order valence-corrected chi connectivity index (χ4v) is 2.27. The summed E-state index contributed by atoms with van der Waals surface area (Å²) in [5, 5.41) is 0. The van der Waals surface area contributed by atoms with Gasteiger partial charge in [-0.25, -0.2) is 0 Å². The second-order valence-electron chi connectivity index (χ2n) is 2.84. The number of rotatable bonds is 0. The first-order valence-corrected chi connectivity index (χ1v) is 6.40. The van der Waals surface area contributed by atoms with Crippen molar-refractivity contribution in [3.8, 4) is 23.7 Å². The van der Waals surface area contributed by atoms with Crippen molar-refractivity contribution in [3.63, 3.8) is 0 Å². The predicted molar refractivity (Wildman–Crippen MR) is 63.6 cm³/mol. The molecule has 0 nitrogen and oxygen atoms in total. The molecule has 1 heteroatoms. The Kier molecular flexibility index (Phi) is 3.48. The standard InChI is InChI=1S/C14H8Se/c1-2-7-13(8-3-1)9-4-5-10-14-11-6-12-15-14/h1-3,6-8,11-12H. The molecular formula is C14H8Se. The molecule has 1 aromatic carbocycles. The van der Waals surface area contributed by atoms with Crippen molar-refractivity contribution in [2.24, 2.45) is 0 Å². The van der Waals surface area contributed by atoms with Gasteiger partial charge in [0.15, 0.2) is 0 Å². The van der Waals surface area contributed by atoms with Gasteiger partial charge in [0.2, 0.25) is 0 Å². The monoisotopic (exact) mass is 256 g/mol. The zero-order valence-electron chi connectivity index (χ0n) is 8.03. The molecule has 0 radical (unpaired) electrons. The summed E-state index contributed by atoms with van der Waals surface area (Å²) in [6.07, 6.45) is 0. The van der Waals surface area contributed by atoms with Crippen LogP contribution in [0.15, 0.2) is 47.4 Å². The Hall–Kier alpha value is -1.66. The summed E-state index contributed by atoms with van der Waals surface area (Å²) in [5.74, 6) is 11.8. The zero-order chi connectivity index (χ0) is 10.3. The summed E-state index contributed by atoms with van der Waals surface area (Å²) in [6.45, 7) is 0. The summed E-state index contributed by atoms with van der Waals surface area (Å²) in [6, 6.07) is 14.0. The van der Waals surface area contributed by atoms with Crippen LogP contribution in [0, 0.1) is 23.7 Å². The number of hydrogen-bond donors (Lipinski definition) is 0. The van der Waals surface area contributed by atoms with Crippen LogP contribution in [-0.4, -0.2) is 14.5 Å². The molecule has 0 fully saturated rings. The maximum atomic E-state index is 3.05. The molecule has 0 unspecified atom stereocenters. The third kappa shape index (κ3) is 3.19. The van der Waals surface area contributed by atoms with Gasteiger partial charge < -0.3 is 0 Å². The van der Waals surface area contributed by atoms with Gasteiger partial charge in [-0.3, -0.25) is 0 Å². The first-order chi connectivity index (χ1) is 7.45. The molecule has 0 spiro atoms. The van der Waals surface area contributed by atoms with Crippen LogP contribution < -0.4 is 0 Å². The van der Waals surface area contributed by atoms with E-state index in [0.717, 1.165) is 5.56 Å². The van der Waals surface area contributed by atoms with Crippen molar-refractivity contribution in [1.82, 2.24) is 0 Å². The molecule has 0 amide bonds. The Morgan fingerprint density at radius 1 is 0.800 bits per heavy atom. The molecule has 70 valence electrons. The second-order valence-corrected chi connectivity index (χ2v) is 4.83. The van der Waals surface area contributed by atoms with Crippen LogP contribution in [0.4, 0.5) is 0 Å². The van der Waals surface area contributed by atoms with E-state index < -0.39 is 0 Å². The normalized spacial score (nSPS) is 8.27. The van der Waals surface area contributed by atoms with Crippen molar-refractivity contribution in [1.29, 1.82) is 0 Å². The SMILES string of the molecule is C(C#Cc1ccc[se]1)#Cc1ccccc1. The summed E-state index contributed by atoms with van der Waals surface area (Å²) >= 11 is 0.432. The van der Waals surface area contributed by atoms with Gasteiger partial charge in [-0.2, -0.15) is 0 Å². The van der Waals surface area contributed by atoms with E-state index in [1.165, 1.54) is 4.44 Å². The van der Waals surface area contributed by atoms with E-state index >= 15 is 0 Å². The van der Waals surface area contributed by atoms with Gasteiger partial charge in [-0.1, -0.05) is 0 Å². The van der Waals surface area contributed by atoms with Gasteiger partial charge in [-0.05, 0) is 0 Å². The average Bonchev–Trinajstić information content (AvgIpc) is 2.79. The molecule has 0 saturated carbocycles. The van der Waals surface area contributed by atoms with Crippen LogP contribution in [0.5, 0.6) is 0 Å². The Morgan fingerprint density at radius 2 is 1.60 bits per heavy atom. The minimum absolute atomic E-state index is 0.432. The van der Waals surface area contributed by atoms with E-state index in [1.807, 2.05) is 30.3 Å². The van der Waals surface area contributed by atoms with E-state index in [1.54, 1.807) is 0 Å². The molecule has 0 N–H and O–H groups in total. The van der Waals surface area contributed by atoms with Gasteiger partial charge in [0.25, 0.3) is 0 Å². The van der Waals surface area contributed by atoms with Crippen molar-refractivity contribution in [2.75, 3.05) is 0 Å². The van der Waals surface area contributed by atoms with Crippen LogP contribution in [-0.2, 0) is 0 Å². The molecule has 0 saturated heterocycles. The van der Waals surface area contributed by atoms with Crippen LogP contribution in [0.1, 0.15) is 10.0 Å². The first kappa shape index (κ1) is 9.88. The quantitative estimate of drug-likeness (QED) is 0.500. The minimum atomic E-state index is 0.432. The first-order valence-electron chi connectivity index (χ1n) is 4.56. The molecule has 15 heavy (non-hydrogen) atoms. The van der Waals surface area contributed by atoms with Gasteiger partial charge >= 0.3 is 95.6 Å². The van der Waals surface area contributed by atoms with Gasteiger partial charge in [0.05, 0.1) is 0 Å². The van der Waals surface area contributed by atoms with Gasteiger partial charge in [0.1, 0.15) is 0 Å². The van der Waals surface area contributed by atoms with Crippen LogP contribution in [0.2, 0.25) is 0 Å². The fourth-order valence-electron chi connectivity index (χ4n) is 1.07. The second kappa shape index (κ2) is 5.28. The number of benzene rings is 1.